The van der Waals surface area contributed by atoms with Crippen molar-refractivity contribution < 1.29 is 17.1 Å². The number of hydrogen-bond donors (Lipinski definition) is 0. The topological polar surface area (TPSA) is 104 Å². The standard InChI is InChI=1S/C20H12N3P.C19H12IN2P.CN.Cu/c1-23-20-13-16(14-21)12-19(15-22)24(20,17-8-4-2-5-9-17)18-10-6-3-7-11-18;1-22-19-13-15(20)12-18(14-21)23(19,16-8-4-2-5-9-16)17-10-6-3-7-11-17;1-2;/h2-13H;2-13H;;/q;;-1;+1. The third kappa shape index (κ3) is 7.30. The van der Waals surface area contributed by atoms with Crippen LogP contribution in [0.5, 0.6) is 0 Å². The summed E-state index contributed by atoms with van der Waals surface area (Å²) in [6, 6.07) is 46.0. The molecule has 4 aromatic carbocycles. The van der Waals surface area contributed by atoms with E-state index in [0.717, 1.165) is 24.8 Å². The van der Waals surface area contributed by atoms with Crippen molar-refractivity contribution in [2.75, 3.05) is 0 Å². The molecule has 2 heterocycles. The van der Waals surface area contributed by atoms with Crippen molar-refractivity contribution in [2.24, 2.45) is 0 Å². The second-order valence-corrected chi connectivity index (χ2v) is 18.0. The summed E-state index contributed by atoms with van der Waals surface area (Å²) in [7, 11) is 0. The van der Waals surface area contributed by atoms with Crippen LogP contribution in [0.4, 0.5) is 0 Å². The Morgan fingerprint density at radius 1 is 0.480 bits per heavy atom. The number of halogens is 1. The molecule has 2 aliphatic rings. The van der Waals surface area contributed by atoms with Crippen LogP contribution in [0.1, 0.15) is 0 Å². The summed E-state index contributed by atoms with van der Waals surface area (Å²) in [6.45, 7) is 15.3. The quantitative estimate of drug-likeness (QED) is 0.0897. The zero-order chi connectivity index (χ0) is 35.3. The molecule has 4 aromatic rings. The van der Waals surface area contributed by atoms with E-state index in [4.69, 9.17) is 25.0 Å². The first kappa shape index (κ1) is 39.1. The maximum atomic E-state index is 9.84. The van der Waals surface area contributed by atoms with Crippen LogP contribution in [0.25, 0.3) is 9.69 Å². The van der Waals surface area contributed by atoms with Crippen molar-refractivity contribution in [2.45, 2.75) is 0 Å². The number of allylic oxidation sites excluding steroid dienone is 6. The second kappa shape index (κ2) is 18.4. The summed E-state index contributed by atoms with van der Waals surface area (Å²) in [5.41, 5.74) is 1.48. The van der Waals surface area contributed by atoms with E-state index in [9.17, 15) is 15.8 Å². The second-order valence-electron chi connectivity index (χ2n) is 10.1. The Balaban J connectivity index is 0.000000253. The fourth-order valence-corrected chi connectivity index (χ4v) is 14.5. The number of nitriles is 3. The van der Waals surface area contributed by atoms with E-state index in [0.29, 0.717) is 27.0 Å². The van der Waals surface area contributed by atoms with Crippen LogP contribution >= 0.6 is 36.4 Å². The Labute approximate surface area is 317 Å². The zero-order valence-corrected chi connectivity index (χ0v) is 31.0. The van der Waals surface area contributed by atoms with Crippen molar-refractivity contribution >= 4 is 68.2 Å². The van der Waals surface area contributed by atoms with E-state index in [1.807, 2.05) is 133 Å². The Kier molecular flexibility index (Phi) is 14.4. The summed E-state index contributed by atoms with van der Waals surface area (Å²) < 4.78 is 0.924. The summed E-state index contributed by atoms with van der Waals surface area (Å²) in [4.78, 5) is 7.59. The van der Waals surface area contributed by atoms with Crippen LogP contribution in [-0.4, -0.2) is 10.6 Å². The van der Waals surface area contributed by atoms with Gasteiger partial charge < -0.3 is 11.8 Å². The first-order valence-corrected chi connectivity index (χ1v) is 19.1. The van der Waals surface area contributed by atoms with Crippen molar-refractivity contribution in [1.82, 2.24) is 0 Å². The number of hydrogen-bond acceptors (Lipinski definition) is 4. The average Bonchev–Trinajstić information content (AvgIpc) is 3.19. The molecule has 0 bridgehead atoms. The molecular formula is C40H24CuIN6P2. The van der Waals surface area contributed by atoms with Crippen LogP contribution in [0.2, 0.25) is 0 Å². The molecule has 242 valence electrons. The maximum absolute atomic E-state index is 9.84. The molecule has 0 atom stereocenters. The fourth-order valence-electron chi connectivity index (χ4n) is 5.74. The van der Waals surface area contributed by atoms with Gasteiger partial charge in [-0.2, -0.15) is 15.8 Å². The molecule has 0 aliphatic carbocycles. The molecule has 6 rings (SSSR count). The third-order valence-electron chi connectivity index (χ3n) is 7.69. The molecular weight excluding hydrogens is 817 g/mol. The number of nitrogens with zero attached hydrogens (tertiary/aromatic N) is 6. The van der Waals surface area contributed by atoms with Gasteiger partial charge in [-0.1, -0.05) is 121 Å². The molecule has 0 saturated carbocycles. The molecule has 0 amide bonds. The van der Waals surface area contributed by atoms with Gasteiger partial charge in [0.25, 0.3) is 0 Å². The van der Waals surface area contributed by atoms with Crippen LogP contribution < -0.4 is 21.2 Å². The largest absolute Gasteiger partial charge is 1.00 e. The molecule has 0 N–H and O–H groups in total. The molecule has 6 nitrogen and oxygen atoms in total. The first-order valence-electron chi connectivity index (χ1n) is 14.5. The summed E-state index contributed by atoms with van der Waals surface area (Å²) >= 11 is 2.18. The van der Waals surface area contributed by atoms with E-state index >= 15 is 0 Å². The van der Waals surface area contributed by atoms with Gasteiger partial charge in [0.2, 0.25) is 0 Å². The predicted molar refractivity (Wildman–Crippen MR) is 210 cm³/mol. The van der Waals surface area contributed by atoms with Gasteiger partial charge in [-0.15, -0.1) is 0 Å². The van der Waals surface area contributed by atoms with E-state index in [2.05, 4.69) is 50.5 Å². The molecule has 0 fully saturated rings. The van der Waals surface area contributed by atoms with Gasteiger partial charge in [-0.25, -0.2) is 9.69 Å². The Morgan fingerprint density at radius 3 is 1.10 bits per heavy atom. The van der Waals surface area contributed by atoms with Gasteiger partial charge in [-0.3, -0.25) is 0 Å². The predicted octanol–water partition coefficient (Wildman–Crippen LogP) is 8.11. The smallest absolute Gasteiger partial charge is 0.512 e. The van der Waals surface area contributed by atoms with E-state index in [1.165, 1.54) is 0 Å². The van der Waals surface area contributed by atoms with Crippen LogP contribution in [0.3, 0.4) is 0 Å². The minimum Gasteiger partial charge on any atom is -0.512 e. The van der Waals surface area contributed by atoms with Crippen molar-refractivity contribution in [1.29, 1.82) is 21.0 Å². The molecule has 0 saturated heterocycles. The summed E-state index contributed by atoms with van der Waals surface area (Å²) in [5, 5.41) is 40.3. The SMILES string of the molecule is [C-]#N.[C-]#[N+]C1=CC(C#N)=CC(C#N)=P1(c1ccccc1)c1ccccc1.[C-]#[N+]C1=CC(I)=CC(C#N)=P1(c1ccccc1)c1ccccc1.[Cu+]. The number of benzene rings is 4. The molecule has 50 heavy (non-hydrogen) atoms. The van der Waals surface area contributed by atoms with E-state index in [1.54, 1.807) is 12.2 Å². The van der Waals surface area contributed by atoms with Gasteiger partial charge in [0.15, 0.2) is 10.9 Å². The molecule has 0 aromatic heterocycles. The minimum absolute atomic E-state index is 0. The molecule has 0 spiro atoms. The molecule has 10 heteroatoms. The van der Waals surface area contributed by atoms with Crippen molar-refractivity contribution in [3.63, 3.8) is 0 Å². The Morgan fingerprint density at radius 2 is 0.800 bits per heavy atom. The monoisotopic (exact) mass is 840 g/mol. The van der Waals surface area contributed by atoms with Gasteiger partial charge in [0.05, 0.1) is 41.9 Å². The summed E-state index contributed by atoms with van der Waals surface area (Å²) in [5.74, 6) is 0. The van der Waals surface area contributed by atoms with Crippen molar-refractivity contribution in [3.8, 4) is 18.2 Å². The average molecular weight is 841 g/mol. The van der Waals surface area contributed by atoms with E-state index < -0.39 is 13.8 Å². The zero-order valence-electron chi connectivity index (χ0n) is 26.1. The third-order valence-corrected chi connectivity index (χ3v) is 16.3. The van der Waals surface area contributed by atoms with Gasteiger partial charge in [0, 0.05) is 22.9 Å². The van der Waals surface area contributed by atoms with Gasteiger partial charge in [-0.05, 0) is 68.1 Å². The maximum Gasteiger partial charge on any atom is 1.00 e. The van der Waals surface area contributed by atoms with Crippen LogP contribution in [-0.2, 0) is 17.1 Å². The summed E-state index contributed by atoms with van der Waals surface area (Å²) in [6.07, 6.45) is 7.09. The molecule has 0 radical (unpaired) electrons. The van der Waals surface area contributed by atoms with Crippen LogP contribution in [0, 0.1) is 59.0 Å². The normalized spacial score (nSPS) is 14.7. The Hall–Kier alpha value is -5.37. The van der Waals surface area contributed by atoms with E-state index in [-0.39, 0.29) is 17.1 Å². The number of rotatable bonds is 4. The van der Waals surface area contributed by atoms with Gasteiger partial charge in [0.1, 0.15) is 0 Å². The van der Waals surface area contributed by atoms with Crippen molar-refractivity contribution in [3.05, 3.63) is 195 Å². The fraction of sp³-hybridized carbons (Fsp3) is 0. The van der Waals surface area contributed by atoms with Gasteiger partial charge >= 0.3 is 17.1 Å². The first-order chi connectivity index (χ1) is 24.0. The molecule has 0 unspecified atom stereocenters. The molecule has 2 aliphatic heterocycles. The van der Waals surface area contributed by atoms with Crippen LogP contribution in [0.15, 0.2) is 166 Å². The minimum atomic E-state index is -2.53. The Bertz CT molecular complexity index is 2270.